The fraction of sp³-hybridized carbons (Fsp3) is 0.250. The maximum atomic E-state index is 5.82. The second-order valence-corrected chi connectivity index (χ2v) is 2.95. The van der Waals surface area contributed by atoms with Crippen molar-refractivity contribution in [3.05, 3.63) is 30.1 Å². The number of halogens is 1. The molecule has 1 aromatic heterocycles. The van der Waals surface area contributed by atoms with E-state index in [0.717, 1.165) is 5.56 Å². The molecule has 1 aliphatic rings. The number of nitrogens with zero attached hydrogens (tertiary/aromatic N) is 2. The Kier molecular flexibility index (Phi) is 2.16. The van der Waals surface area contributed by atoms with Crippen LogP contribution in [0.4, 0.5) is 0 Å². The number of pyridine rings is 1. The lowest BCUT2D eigenvalue weighted by Gasteiger charge is -2.21. The maximum absolute atomic E-state index is 5.82. The summed E-state index contributed by atoms with van der Waals surface area (Å²) in [7, 11) is 0. The van der Waals surface area contributed by atoms with E-state index in [4.69, 9.17) is 16.4 Å². The minimum Gasteiger partial charge on any atom is -0.394 e. The standard InChI is InChI=1S/C8H8ClN3O/c9-5-8(11-6-13-12-8)7-1-3-10-4-2-7/h1-4,6,12H,5H2. The van der Waals surface area contributed by atoms with Crippen molar-refractivity contribution in [1.29, 1.82) is 0 Å². The quantitative estimate of drug-likeness (QED) is 0.721. The van der Waals surface area contributed by atoms with Gasteiger partial charge in [-0.25, -0.2) is 4.99 Å². The van der Waals surface area contributed by atoms with E-state index in [2.05, 4.69) is 15.5 Å². The predicted molar refractivity (Wildman–Crippen MR) is 49.3 cm³/mol. The largest absolute Gasteiger partial charge is 0.394 e. The topological polar surface area (TPSA) is 46.5 Å². The Balaban J connectivity index is 2.37. The normalized spacial score (nSPS) is 25.9. The van der Waals surface area contributed by atoms with Crippen LogP contribution < -0.4 is 5.48 Å². The molecule has 1 unspecified atom stereocenters. The first-order valence-electron chi connectivity index (χ1n) is 3.80. The summed E-state index contributed by atoms with van der Waals surface area (Å²) in [6.45, 7) is 0. The summed E-state index contributed by atoms with van der Waals surface area (Å²) in [4.78, 5) is 12.9. The summed E-state index contributed by atoms with van der Waals surface area (Å²) in [6, 6.07) is 3.70. The molecular formula is C8H8ClN3O. The van der Waals surface area contributed by atoms with Crippen molar-refractivity contribution in [3.8, 4) is 0 Å². The van der Waals surface area contributed by atoms with Gasteiger partial charge in [-0.2, -0.15) is 0 Å². The number of hydroxylamine groups is 1. The van der Waals surface area contributed by atoms with Crippen LogP contribution in [0.3, 0.4) is 0 Å². The highest BCUT2D eigenvalue weighted by Crippen LogP contribution is 2.25. The third kappa shape index (κ3) is 1.38. The molecule has 0 bridgehead atoms. The van der Waals surface area contributed by atoms with Crippen molar-refractivity contribution in [2.24, 2.45) is 4.99 Å². The Morgan fingerprint density at radius 3 is 2.77 bits per heavy atom. The van der Waals surface area contributed by atoms with E-state index in [1.54, 1.807) is 12.4 Å². The van der Waals surface area contributed by atoms with E-state index in [-0.39, 0.29) is 0 Å². The molecule has 4 nitrogen and oxygen atoms in total. The second kappa shape index (κ2) is 3.32. The van der Waals surface area contributed by atoms with E-state index in [1.807, 2.05) is 12.1 Å². The van der Waals surface area contributed by atoms with E-state index in [9.17, 15) is 0 Å². The van der Waals surface area contributed by atoms with Crippen LogP contribution in [0.5, 0.6) is 0 Å². The van der Waals surface area contributed by atoms with E-state index in [0.29, 0.717) is 5.88 Å². The Hall–Kier alpha value is -1.13. The van der Waals surface area contributed by atoms with Gasteiger partial charge in [-0.3, -0.25) is 4.98 Å². The van der Waals surface area contributed by atoms with Crippen molar-refractivity contribution in [2.45, 2.75) is 5.66 Å². The van der Waals surface area contributed by atoms with Crippen LogP contribution in [0, 0.1) is 0 Å². The van der Waals surface area contributed by atoms with Crippen LogP contribution in [0.1, 0.15) is 5.56 Å². The van der Waals surface area contributed by atoms with E-state index >= 15 is 0 Å². The molecule has 2 rings (SSSR count). The van der Waals surface area contributed by atoms with E-state index < -0.39 is 5.66 Å². The van der Waals surface area contributed by atoms with Crippen molar-refractivity contribution < 1.29 is 4.84 Å². The summed E-state index contributed by atoms with van der Waals surface area (Å²) in [5, 5.41) is 0. The third-order valence-electron chi connectivity index (χ3n) is 1.90. The molecule has 0 radical (unpaired) electrons. The summed E-state index contributed by atoms with van der Waals surface area (Å²) in [5.41, 5.74) is 3.04. The Bertz CT molecular complexity index is 316. The number of aromatic nitrogens is 1. The minimum atomic E-state index is -0.648. The SMILES string of the molecule is ClCC1(c2ccncc2)N=CON1. The van der Waals surface area contributed by atoms with Gasteiger partial charge < -0.3 is 4.84 Å². The third-order valence-corrected chi connectivity index (χ3v) is 2.29. The molecule has 0 spiro atoms. The van der Waals surface area contributed by atoms with Gasteiger partial charge in [0.25, 0.3) is 0 Å². The van der Waals surface area contributed by atoms with Gasteiger partial charge in [0, 0.05) is 18.0 Å². The van der Waals surface area contributed by atoms with Crippen molar-refractivity contribution in [2.75, 3.05) is 5.88 Å². The highest BCUT2D eigenvalue weighted by Gasteiger charge is 2.34. The van der Waals surface area contributed by atoms with Gasteiger partial charge in [0.1, 0.15) is 0 Å². The van der Waals surface area contributed by atoms with E-state index in [1.165, 1.54) is 6.40 Å². The Morgan fingerprint density at radius 2 is 2.23 bits per heavy atom. The Labute approximate surface area is 80.6 Å². The second-order valence-electron chi connectivity index (χ2n) is 2.68. The molecule has 13 heavy (non-hydrogen) atoms. The molecule has 1 N–H and O–H groups in total. The van der Waals surface area contributed by atoms with Gasteiger partial charge in [-0.1, -0.05) is 0 Å². The first-order chi connectivity index (χ1) is 6.37. The van der Waals surface area contributed by atoms with Crippen LogP contribution in [0.25, 0.3) is 0 Å². The molecule has 0 aliphatic carbocycles. The maximum Gasteiger partial charge on any atom is 0.198 e. The molecule has 1 atom stereocenters. The summed E-state index contributed by atoms with van der Waals surface area (Å²) >= 11 is 5.82. The van der Waals surface area contributed by atoms with Gasteiger partial charge in [0.15, 0.2) is 12.1 Å². The zero-order valence-corrected chi connectivity index (χ0v) is 7.53. The number of rotatable bonds is 2. The minimum absolute atomic E-state index is 0.313. The predicted octanol–water partition coefficient (Wildman–Crippen LogP) is 1.04. The van der Waals surface area contributed by atoms with Crippen LogP contribution in [0.2, 0.25) is 0 Å². The lowest BCUT2D eigenvalue weighted by Crippen LogP contribution is -2.37. The number of hydrogen-bond acceptors (Lipinski definition) is 4. The van der Waals surface area contributed by atoms with Crippen molar-refractivity contribution >= 4 is 18.0 Å². The molecule has 0 saturated heterocycles. The molecule has 1 aliphatic heterocycles. The number of hydrogen-bond donors (Lipinski definition) is 1. The van der Waals surface area contributed by atoms with Crippen LogP contribution in [-0.4, -0.2) is 17.3 Å². The molecule has 68 valence electrons. The molecule has 2 heterocycles. The van der Waals surface area contributed by atoms with Gasteiger partial charge in [-0.05, 0) is 12.1 Å². The zero-order valence-electron chi connectivity index (χ0n) is 6.77. The molecule has 1 aromatic rings. The monoisotopic (exact) mass is 197 g/mol. The molecule has 0 aromatic carbocycles. The summed E-state index contributed by atoms with van der Waals surface area (Å²) < 4.78 is 0. The van der Waals surface area contributed by atoms with Gasteiger partial charge in [0.2, 0.25) is 0 Å². The van der Waals surface area contributed by atoms with Crippen molar-refractivity contribution in [1.82, 2.24) is 10.5 Å². The summed E-state index contributed by atoms with van der Waals surface area (Å²) in [6.07, 6.45) is 4.74. The summed E-state index contributed by atoms with van der Waals surface area (Å²) in [5.74, 6) is 0.313. The number of alkyl halides is 1. The van der Waals surface area contributed by atoms with Crippen LogP contribution >= 0.6 is 11.6 Å². The fourth-order valence-electron chi connectivity index (χ4n) is 1.17. The van der Waals surface area contributed by atoms with Crippen LogP contribution in [-0.2, 0) is 10.5 Å². The first kappa shape index (κ1) is 8.47. The average Bonchev–Trinajstić information content (AvgIpc) is 2.69. The first-order valence-corrected chi connectivity index (χ1v) is 4.34. The van der Waals surface area contributed by atoms with Gasteiger partial charge >= 0.3 is 0 Å². The molecular weight excluding hydrogens is 190 g/mol. The Morgan fingerprint density at radius 1 is 1.46 bits per heavy atom. The lowest BCUT2D eigenvalue weighted by molar-refractivity contribution is 0.137. The molecule has 0 fully saturated rings. The number of nitrogens with one attached hydrogen (secondary N) is 1. The molecule has 0 amide bonds. The molecule has 0 saturated carbocycles. The van der Waals surface area contributed by atoms with Crippen molar-refractivity contribution in [3.63, 3.8) is 0 Å². The fourth-order valence-corrected chi connectivity index (χ4v) is 1.44. The highest BCUT2D eigenvalue weighted by atomic mass is 35.5. The zero-order chi connectivity index (χ0) is 9.15. The highest BCUT2D eigenvalue weighted by molar-refractivity contribution is 6.18. The smallest absolute Gasteiger partial charge is 0.198 e. The lowest BCUT2D eigenvalue weighted by atomic mass is 10.1. The number of aliphatic imine (C=N–C) groups is 1. The molecule has 5 heteroatoms. The average molecular weight is 198 g/mol. The van der Waals surface area contributed by atoms with Crippen LogP contribution in [0.15, 0.2) is 29.5 Å². The van der Waals surface area contributed by atoms with Gasteiger partial charge in [0.05, 0.1) is 5.88 Å². The van der Waals surface area contributed by atoms with Gasteiger partial charge in [-0.15, -0.1) is 17.1 Å².